The second kappa shape index (κ2) is 7.74. The van der Waals surface area contributed by atoms with Gasteiger partial charge in [0.15, 0.2) is 11.5 Å². The third-order valence-electron chi connectivity index (χ3n) is 3.89. The molecule has 0 aliphatic heterocycles. The summed E-state index contributed by atoms with van der Waals surface area (Å²) in [5.41, 5.74) is 2.42. The van der Waals surface area contributed by atoms with Gasteiger partial charge in [0.05, 0.1) is 18.1 Å². The first-order chi connectivity index (χ1) is 13.0. The first kappa shape index (κ1) is 18.2. The predicted octanol–water partition coefficient (Wildman–Crippen LogP) is 3.16. The molecule has 7 heteroatoms. The lowest BCUT2D eigenvalue weighted by Crippen LogP contribution is -2.11. The summed E-state index contributed by atoms with van der Waals surface area (Å²) in [7, 11) is 3.33. The summed E-state index contributed by atoms with van der Waals surface area (Å²) in [5, 5.41) is 2.76. The second-order valence-corrected chi connectivity index (χ2v) is 5.81. The molecule has 3 aromatic rings. The van der Waals surface area contributed by atoms with Crippen molar-refractivity contribution in [2.45, 2.75) is 6.92 Å². The maximum Gasteiger partial charge on any atom is 0.308 e. The van der Waals surface area contributed by atoms with Gasteiger partial charge in [-0.3, -0.25) is 14.9 Å². The Morgan fingerprint density at radius 3 is 2.63 bits per heavy atom. The van der Waals surface area contributed by atoms with E-state index in [0.717, 1.165) is 11.0 Å². The Kier molecular flexibility index (Phi) is 5.21. The molecule has 0 aliphatic rings. The molecule has 1 aromatic heterocycles. The number of hydrogen-bond acceptors (Lipinski definition) is 5. The fraction of sp³-hybridized carbons (Fsp3) is 0.150. The van der Waals surface area contributed by atoms with Crippen LogP contribution in [-0.4, -0.2) is 28.5 Å². The zero-order valence-corrected chi connectivity index (χ0v) is 15.2. The number of ether oxygens (including phenoxy) is 2. The molecular weight excluding hydrogens is 346 g/mol. The molecule has 0 saturated carbocycles. The molecule has 3 rings (SSSR count). The Morgan fingerprint density at radius 1 is 1.15 bits per heavy atom. The largest absolute Gasteiger partial charge is 0.493 e. The number of aromatic nitrogens is 2. The number of aryl methyl sites for hydroxylation is 1. The maximum absolute atomic E-state index is 12.2. The first-order valence-corrected chi connectivity index (χ1v) is 8.25. The lowest BCUT2D eigenvalue weighted by Gasteiger charge is -2.08. The van der Waals surface area contributed by atoms with Crippen LogP contribution in [0.2, 0.25) is 0 Å². The van der Waals surface area contributed by atoms with E-state index in [4.69, 9.17) is 9.47 Å². The molecule has 0 fully saturated rings. The summed E-state index contributed by atoms with van der Waals surface area (Å²) in [6.07, 6.45) is 3.00. The van der Waals surface area contributed by atoms with Gasteiger partial charge in [0, 0.05) is 20.0 Å². The highest BCUT2D eigenvalue weighted by molar-refractivity contribution is 6.01. The number of para-hydroxylation sites is 2. The van der Waals surface area contributed by atoms with Crippen LogP contribution < -0.4 is 14.8 Å². The molecule has 27 heavy (non-hydrogen) atoms. The summed E-state index contributed by atoms with van der Waals surface area (Å²) in [6, 6.07) is 12.7. The summed E-state index contributed by atoms with van der Waals surface area (Å²) in [6.45, 7) is 1.31. The van der Waals surface area contributed by atoms with E-state index < -0.39 is 5.97 Å². The van der Waals surface area contributed by atoms with E-state index in [1.54, 1.807) is 24.3 Å². The molecule has 0 unspecified atom stereocenters. The molecule has 1 heterocycles. The average molecular weight is 365 g/mol. The van der Waals surface area contributed by atoms with Gasteiger partial charge >= 0.3 is 5.97 Å². The molecule has 0 spiro atoms. The van der Waals surface area contributed by atoms with E-state index >= 15 is 0 Å². The predicted molar refractivity (Wildman–Crippen MR) is 103 cm³/mol. The van der Waals surface area contributed by atoms with Gasteiger partial charge in [-0.2, -0.15) is 0 Å². The van der Waals surface area contributed by atoms with Crippen LogP contribution in [0.15, 0.2) is 48.5 Å². The molecule has 0 bridgehead atoms. The van der Waals surface area contributed by atoms with E-state index in [1.165, 1.54) is 20.1 Å². The number of fused-ring (bicyclic) bond motifs is 1. The second-order valence-electron chi connectivity index (χ2n) is 5.81. The number of methoxy groups -OCH3 is 1. The number of imidazole rings is 1. The van der Waals surface area contributed by atoms with Gasteiger partial charge in [-0.05, 0) is 35.9 Å². The van der Waals surface area contributed by atoms with Crippen molar-refractivity contribution in [1.29, 1.82) is 0 Å². The molecule has 138 valence electrons. The Morgan fingerprint density at radius 2 is 1.93 bits per heavy atom. The number of hydrogen-bond donors (Lipinski definition) is 1. The summed E-state index contributed by atoms with van der Waals surface area (Å²) >= 11 is 0. The van der Waals surface area contributed by atoms with Crippen molar-refractivity contribution in [2.24, 2.45) is 7.05 Å². The molecular formula is C20H19N3O4. The molecule has 7 nitrogen and oxygen atoms in total. The number of carbonyl (C=O) groups is 2. The third kappa shape index (κ3) is 4.14. The monoisotopic (exact) mass is 365 g/mol. The highest BCUT2D eigenvalue weighted by Crippen LogP contribution is 2.28. The molecule has 0 radical (unpaired) electrons. The SMILES string of the molecule is COc1ccc(C=CC(=O)Nc2nc3ccccc3n2C)cc1OC(C)=O. The quantitative estimate of drug-likeness (QED) is 0.427. The maximum atomic E-state index is 12.2. The van der Waals surface area contributed by atoms with Gasteiger partial charge in [-0.15, -0.1) is 0 Å². The first-order valence-electron chi connectivity index (χ1n) is 8.25. The highest BCUT2D eigenvalue weighted by Gasteiger charge is 2.10. The van der Waals surface area contributed by atoms with Crippen molar-refractivity contribution in [1.82, 2.24) is 9.55 Å². The van der Waals surface area contributed by atoms with Crippen molar-refractivity contribution in [3.8, 4) is 11.5 Å². The number of esters is 1. The Labute approximate surface area is 156 Å². The normalized spacial score (nSPS) is 10.9. The minimum Gasteiger partial charge on any atom is -0.493 e. The number of nitrogens with zero attached hydrogens (tertiary/aromatic N) is 2. The van der Waals surface area contributed by atoms with Gasteiger partial charge in [0.25, 0.3) is 5.91 Å². The van der Waals surface area contributed by atoms with Crippen LogP contribution in [0.5, 0.6) is 11.5 Å². The summed E-state index contributed by atoms with van der Waals surface area (Å²) in [5.74, 6) is 0.419. The fourth-order valence-corrected chi connectivity index (χ4v) is 2.61. The van der Waals surface area contributed by atoms with Crippen LogP contribution in [0, 0.1) is 0 Å². The number of benzene rings is 2. The zero-order valence-electron chi connectivity index (χ0n) is 15.2. The fourth-order valence-electron chi connectivity index (χ4n) is 2.61. The minimum atomic E-state index is -0.450. The third-order valence-corrected chi connectivity index (χ3v) is 3.89. The van der Waals surface area contributed by atoms with E-state index in [9.17, 15) is 9.59 Å². The number of amides is 1. The smallest absolute Gasteiger partial charge is 0.308 e. The molecule has 1 amide bonds. The van der Waals surface area contributed by atoms with Gasteiger partial charge in [-0.1, -0.05) is 18.2 Å². The van der Waals surface area contributed by atoms with Gasteiger partial charge in [-0.25, -0.2) is 4.98 Å². The van der Waals surface area contributed by atoms with Crippen LogP contribution in [0.25, 0.3) is 17.1 Å². The lowest BCUT2D eigenvalue weighted by atomic mass is 10.2. The van der Waals surface area contributed by atoms with Crippen molar-refractivity contribution < 1.29 is 19.1 Å². The van der Waals surface area contributed by atoms with Gasteiger partial charge < -0.3 is 14.0 Å². The van der Waals surface area contributed by atoms with Crippen molar-refractivity contribution >= 4 is 34.9 Å². The van der Waals surface area contributed by atoms with Gasteiger partial charge in [0.2, 0.25) is 5.95 Å². The number of rotatable bonds is 5. The molecule has 0 aliphatic carbocycles. The van der Waals surface area contributed by atoms with Crippen LogP contribution >= 0.6 is 0 Å². The van der Waals surface area contributed by atoms with Crippen LogP contribution in [0.1, 0.15) is 12.5 Å². The van der Waals surface area contributed by atoms with Gasteiger partial charge in [0.1, 0.15) is 0 Å². The van der Waals surface area contributed by atoms with E-state index in [2.05, 4.69) is 10.3 Å². The van der Waals surface area contributed by atoms with Crippen molar-refractivity contribution in [2.75, 3.05) is 12.4 Å². The highest BCUT2D eigenvalue weighted by atomic mass is 16.6. The molecule has 0 atom stereocenters. The Balaban J connectivity index is 1.76. The van der Waals surface area contributed by atoms with Crippen LogP contribution in [-0.2, 0) is 16.6 Å². The van der Waals surface area contributed by atoms with Crippen LogP contribution in [0.4, 0.5) is 5.95 Å². The van der Waals surface area contributed by atoms with Crippen molar-refractivity contribution in [3.63, 3.8) is 0 Å². The topological polar surface area (TPSA) is 82.4 Å². The molecule has 2 aromatic carbocycles. The zero-order chi connectivity index (χ0) is 19.4. The van der Waals surface area contributed by atoms with E-state index in [1.807, 2.05) is 35.9 Å². The standard InChI is InChI=1S/C20H19N3O4/c1-13(24)27-18-12-14(8-10-17(18)26-3)9-11-19(25)22-20-21-15-6-4-5-7-16(15)23(20)2/h4-12H,1-3H3,(H,21,22,25). The summed E-state index contributed by atoms with van der Waals surface area (Å²) < 4.78 is 12.1. The minimum absolute atomic E-state index is 0.294. The Bertz CT molecular complexity index is 1040. The molecule has 0 saturated heterocycles. The van der Waals surface area contributed by atoms with Crippen LogP contribution in [0.3, 0.4) is 0 Å². The molecule has 1 N–H and O–H groups in total. The van der Waals surface area contributed by atoms with E-state index in [0.29, 0.717) is 23.0 Å². The lowest BCUT2D eigenvalue weighted by molar-refractivity contribution is -0.132. The van der Waals surface area contributed by atoms with E-state index in [-0.39, 0.29) is 5.91 Å². The average Bonchev–Trinajstić information content (AvgIpc) is 2.95. The number of carbonyl (C=O) groups excluding carboxylic acids is 2. The van der Waals surface area contributed by atoms with Crippen molar-refractivity contribution in [3.05, 3.63) is 54.1 Å². The number of anilines is 1. The number of nitrogens with one attached hydrogen (secondary N) is 1. The Hall–Kier alpha value is -3.61. The summed E-state index contributed by atoms with van der Waals surface area (Å²) in [4.78, 5) is 27.8.